The van der Waals surface area contributed by atoms with Gasteiger partial charge in [-0.2, -0.15) is 0 Å². The molecule has 0 aliphatic carbocycles. The molecule has 0 radical (unpaired) electrons. The molecule has 0 bridgehead atoms. The van der Waals surface area contributed by atoms with Gasteiger partial charge >= 0.3 is 5.97 Å². The Bertz CT molecular complexity index is 568. The van der Waals surface area contributed by atoms with Gasteiger partial charge in [-0.15, -0.1) is 11.3 Å². The molecule has 0 unspecified atom stereocenters. The fraction of sp³-hybridized carbons (Fsp3) is 0.0909. The summed E-state index contributed by atoms with van der Waals surface area (Å²) in [5.41, 5.74) is 0.501. The quantitative estimate of drug-likeness (QED) is 0.850. The van der Waals surface area contributed by atoms with Gasteiger partial charge in [0.05, 0.1) is 18.9 Å². The molecule has 92 valence electrons. The van der Waals surface area contributed by atoms with Gasteiger partial charge in [-0.25, -0.2) is 9.78 Å². The Morgan fingerprint density at radius 1 is 1.39 bits per heavy atom. The molecule has 2 heterocycles. The highest BCUT2D eigenvalue weighted by Crippen LogP contribution is 2.24. The summed E-state index contributed by atoms with van der Waals surface area (Å²) in [5, 5.41) is 4.72. The first kappa shape index (κ1) is 12.2. The van der Waals surface area contributed by atoms with Crippen molar-refractivity contribution >= 4 is 28.2 Å². The van der Waals surface area contributed by atoms with Gasteiger partial charge < -0.3 is 10.1 Å². The molecule has 6 nitrogen and oxygen atoms in total. The van der Waals surface area contributed by atoms with Crippen molar-refractivity contribution in [3.05, 3.63) is 41.3 Å². The first-order chi connectivity index (χ1) is 8.72. The largest absolute Gasteiger partial charge is 0.465 e. The summed E-state index contributed by atoms with van der Waals surface area (Å²) in [4.78, 5) is 30.9. The number of carbonyl (C=O) groups excluding carboxylic acids is 2. The van der Waals surface area contributed by atoms with E-state index in [9.17, 15) is 9.59 Å². The molecule has 18 heavy (non-hydrogen) atoms. The number of amides is 1. The fourth-order valence-corrected chi connectivity index (χ4v) is 2.03. The van der Waals surface area contributed by atoms with Gasteiger partial charge in [-0.1, -0.05) is 0 Å². The molecule has 0 aliphatic rings. The van der Waals surface area contributed by atoms with E-state index in [0.717, 1.165) is 0 Å². The molecular weight excluding hydrogens is 254 g/mol. The van der Waals surface area contributed by atoms with Gasteiger partial charge in [0.25, 0.3) is 5.91 Å². The Labute approximate surface area is 107 Å². The second-order valence-corrected chi connectivity index (χ2v) is 4.12. The van der Waals surface area contributed by atoms with Gasteiger partial charge in [0.1, 0.15) is 10.7 Å². The minimum atomic E-state index is -0.495. The van der Waals surface area contributed by atoms with E-state index in [1.54, 1.807) is 11.4 Å². The van der Waals surface area contributed by atoms with Crippen molar-refractivity contribution in [3.63, 3.8) is 0 Å². The smallest absolute Gasteiger partial charge is 0.340 e. The summed E-state index contributed by atoms with van der Waals surface area (Å²) in [6.45, 7) is 0. The zero-order valence-electron chi connectivity index (χ0n) is 9.41. The van der Waals surface area contributed by atoms with Gasteiger partial charge in [0, 0.05) is 12.4 Å². The van der Waals surface area contributed by atoms with Crippen molar-refractivity contribution in [1.82, 2.24) is 9.97 Å². The van der Waals surface area contributed by atoms with E-state index < -0.39 is 11.9 Å². The minimum Gasteiger partial charge on any atom is -0.465 e. The summed E-state index contributed by atoms with van der Waals surface area (Å²) in [6.07, 6.45) is 4.24. The van der Waals surface area contributed by atoms with Gasteiger partial charge in [0.2, 0.25) is 0 Å². The molecule has 0 saturated carbocycles. The molecule has 2 aromatic rings. The summed E-state index contributed by atoms with van der Waals surface area (Å²) < 4.78 is 4.61. The van der Waals surface area contributed by atoms with Crippen LogP contribution in [-0.4, -0.2) is 29.0 Å². The highest BCUT2D eigenvalue weighted by Gasteiger charge is 2.16. The normalized spacial score (nSPS) is 9.83. The third kappa shape index (κ3) is 2.51. The molecule has 1 N–H and O–H groups in total. The van der Waals surface area contributed by atoms with Crippen LogP contribution in [0.2, 0.25) is 0 Å². The highest BCUT2D eigenvalue weighted by atomic mass is 32.1. The lowest BCUT2D eigenvalue weighted by molar-refractivity contribution is 0.0602. The van der Waals surface area contributed by atoms with Crippen LogP contribution in [0.1, 0.15) is 20.8 Å². The number of ether oxygens (including phenoxy) is 1. The minimum absolute atomic E-state index is 0.182. The number of nitrogens with zero attached hydrogens (tertiary/aromatic N) is 2. The molecule has 0 atom stereocenters. The summed E-state index contributed by atoms with van der Waals surface area (Å²) >= 11 is 1.24. The van der Waals surface area contributed by atoms with E-state index in [4.69, 9.17) is 0 Å². The SMILES string of the molecule is COC(=O)c1ccsc1NC(=O)c1cnccn1. The molecule has 0 saturated heterocycles. The maximum Gasteiger partial charge on any atom is 0.340 e. The molecule has 0 aliphatic heterocycles. The second-order valence-electron chi connectivity index (χ2n) is 3.20. The Balaban J connectivity index is 2.18. The van der Waals surface area contributed by atoms with Gasteiger partial charge in [0.15, 0.2) is 0 Å². The van der Waals surface area contributed by atoms with Gasteiger partial charge in [-0.3, -0.25) is 9.78 Å². The van der Waals surface area contributed by atoms with Crippen LogP contribution in [0, 0.1) is 0 Å². The van der Waals surface area contributed by atoms with Crippen LogP contribution in [0.25, 0.3) is 0 Å². The number of carbonyl (C=O) groups is 2. The first-order valence-electron chi connectivity index (χ1n) is 4.95. The number of rotatable bonds is 3. The second kappa shape index (κ2) is 5.37. The monoisotopic (exact) mass is 263 g/mol. The molecule has 0 fully saturated rings. The molecule has 7 heteroatoms. The molecule has 2 aromatic heterocycles. The number of nitrogens with one attached hydrogen (secondary N) is 1. The number of anilines is 1. The third-order valence-corrected chi connectivity index (χ3v) is 2.92. The molecule has 1 amide bonds. The maximum atomic E-state index is 11.8. The predicted molar refractivity (Wildman–Crippen MR) is 65.6 cm³/mol. The van der Waals surface area contributed by atoms with E-state index in [1.165, 1.54) is 37.0 Å². The average molecular weight is 263 g/mol. The van der Waals surface area contributed by atoms with E-state index in [2.05, 4.69) is 20.0 Å². The Morgan fingerprint density at radius 2 is 2.22 bits per heavy atom. The summed E-state index contributed by atoms with van der Waals surface area (Å²) in [5.74, 6) is -0.915. The van der Waals surface area contributed by atoms with Crippen molar-refractivity contribution in [2.45, 2.75) is 0 Å². The van der Waals surface area contributed by atoms with Crippen molar-refractivity contribution in [2.24, 2.45) is 0 Å². The zero-order chi connectivity index (χ0) is 13.0. The van der Waals surface area contributed by atoms with Crippen molar-refractivity contribution < 1.29 is 14.3 Å². The predicted octanol–water partition coefficient (Wildman–Crippen LogP) is 1.58. The summed E-state index contributed by atoms with van der Waals surface area (Å²) in [7, 11) is 1.29. The lowest BCUT2D eigenvalue weighted by Crippen LogP contribution is -2.15. The van der Waals surface area contributed by atoms with Crippen LogP contribution in [0.15, 0.2) is 30.0 Å². The number of aromatic nitrogens is 2. The number of thiophene rings is 1. The molecular formula is C11H9N3O3S. The Hall–Kier alpha value is -2.28. The van der Waals surface area contributed by atoms with Crippen molar-refractivity contribution in [3.8, 4) is 0 Å². The van der Waals surface area contributed by atoms with E-state index >= 15 is 0 Å². The molecule has 2 rings (SSSR count). The maximum absolute atomic E-state index is 11.8. The number of hydrogen-bond donors (Lipinski definition) is 1. The van der Waals surface area contributed by atoms with E-state index in [0.29, 0.717) is 10.6 Å². The number of methoxy groups -OCH3 is 1. The van der Waals surface area contributed by atoms with Crippen LogP contribution < -0.4 is 5.32 Å². The van der Waals surface area contributed by atoms with Crippen LogP contribution in [0.3, 0.4) is 0 Å². The van der Waals surface area contributed by atoms with Crippen molar-refractivity contribution in [2.75, 3.05) is 12.4 Å². The van der Waals surface area contributed by atoms with Gasteiger partial charge in [-0.05, 0) is 11.4 Å². The topological polar surface area (TPSA) is 81.2 Å². The fourth-order valence-electron chi connectivity index (χ4n) is 1.26. The van der Waals surface area contributed by atoms with Crippen LogP contribution in [0.5, 0.6) is 0 Å². The lowest BCUT2D eigenvalue weighted by atomic mass is 10.3. The zero-order valence-corrected chi connectivity index (χ0v) is 10.2. The Kier molecular flexibility index (Phi) is 3.63. The molecule has 0 aromatic carbocycles. The van der Waals surface area contributed by atoms with E-state index in [-0.39, 0.29) is 5.69 Å². The standard InChI is InChI=1S/C11H9N3O3S/c1-17-11(16)7-2-5-18-10(7)14-9(15)8-6-12-3-4-13-8/h2-6H,1H3,(H,14,15). The van der Waals surface area contributed by atoms with Crippen molar-refractivity contribution in [1.29, 1.82) is 0 Å². The molecule has 0 spiro atoms. The number of esters is 1. The summed E-state index contributed by atoms with van der Waals surface area (Å²) in [6, 6.07) is 1.59. The average Bonchev–Trinajstić information content (AvgIpc) is 2.87. The first-order valence-corrected chi connectivity index (χ1v) is 5.83. The van der Waals surface area contributed by atoms with Crippen LogP contribution >= 0.6 is 11.3 Å². The lowest BCUT2D eigenvalue weighted by Gasteiger charge is -2.04. The third-order valence-electron chi connectivity index (χ3n) is 2.09. The number of hydrogen-bond acceptors (Lipinski definition) is 6. The van der Waals surface area contributed by atoms with Crippen LogP contribution in [-0.2, 0) is 4.74 Å². The van der Waals surface area contributed by atoms with E-state index in [1.807, 2.05) is 0 Å². The van der Waals surface area contributed by atoms with Crippen LogP contribution in [0.4, 0.5) is 5.00 Å². The Morgan fingerprint density at radius 3 is 2.89 bits per heavy atom. The highest BCUT2D eigenvalue weighted by molar-refractivity contribution is 7.14.